The number of carbonyl (C=O) groups is 2. The first-order chi connectivity index (χ1) is 16.0. The maximum Gasteiger partial charge on any atom is 0.300 e. The van der Waals surface area contributed by atoms with Gasteiger partial charge in [-0.2, -0.15) is 0 Å². The summed E-state index contributed by atoms with van der Waals surface area (Å²) in [6, 6.07) is 21.8. The SMILES string of the molecule is Cc1ccc(N2C(=O)C(=O)/C(=C(\O)c3ccc4ccccc4c3)C2c2ccncc2)c(C)c1. The van der Waals surface area contributed by atoms with E-state index >= 15 is 0 Å². The number of aliphatic hydroxyl groups excluding tert-OH is 1. The van der Waals surface area contributed by atoms with Crippen LogP contribution in [0.15, 0.2) is 90.8 Å². The van der Waals surface area contributed by atoms with Gasteiger partial charge in [0.2, 0.25) is 0 Å². The summed E-state index contributed by atoms with van der Waals surface area (Å²) in [5.41, 5.74) is 3.84. The minimum atomic E-state index is -0.763. The molecule has 1 atom stereocenters. The number of pyridine rings is 1. The molecule has 0 spiro atoms. The largest absolute Gasteiger partial charge is 0.507 e. The molecule has 1 amide bonds. The van der Waals surface area contributed by atoms with Crippen molar-refractivity contribution in [3.05, 3.63) is 113 Å². The van der Waals surface area contributed by atoms with E-state index in [1.807, 2.05) is 68.4 Å². The zero-order valence-electron chi connectivity index (χ0n) is 18.3. The standard InChI is InChI=1S/C28H22N2O3/c1-17-7-10-23(18(2)15-17)30-25(20-11-13-29-14-12-20)24(27(32)28(30)33)26(31)22-9-8-19-5-3-4-6-21(19)16-22/h3-16,25,31H,1-2H3/b26-24-. The zero-order valence-corrected chi connectivity index (χ0v) is 18.3. The van der Waals surface area contributed by atoms with Crippen LogP contribution >= 0.6 is 0 Å². The number of aryl methyl sites for hydroxylation is 2. The van der Waals surface area contributed by atoms with Crippen molar-refractivity contribution in [2.24, 2.45) is 0 Å². The monoisotopic (exact) mass is 434 g/mol. The summed E-state index contributed by atoms with van der Waals surface area (Å²) in [6.07, 6.45) is 3.24. The Morgan fingerprint density at radius 1 is 0.879 bits per heavy atom. The third kappa shape index (κ3) is 3.48. The molecule has 1 aliphatic heterocycles. The van der Waals surface area contributed by atoms with Crippen LogP contribution in [0.25, 0.3) is 16.5 Å². The lowest BCUT2D eigenvalue weighted by Crippen LogP contribution is -2.30. The van der Waals surface area contributed by atoms with Crippen LogP contribution in [0.1, 0.15) is 28.3 Å². The van der Waals surface area contributed by atoms with Crippen LogP contribution < -0.4 is 4.90 Å². The average Bonchev–Trinajstić information content (AvgIpc) is 3.09. The third-order valence-electron chi connectivity index (χ3n) is 6.10. The highest BCUT2D eigenvalue weighted by Crippen LogP contribution is 2.43. The third-order valence-corrected chi connectivity index (χ3v) is 6.10. The highest BCUT2D eigenvalue weighted by Gasteiger charge is 2.47. The summed E-state index contributed by atoms with van der Waals surface area (Å²) in [4.78, 5) is 32.2. The predicted molar refractivity (Wildman–Crippen MR) is 129 cm³/mol. The molecule has 1 aliphatic rings. The van der Waals surface area contributed by atoms with Crippen LogP contribution in [0.3, 0.4) is 0 Å². The number of anilines is 1. The van der Waals surface area contributed by atoms with Gasteiger partial charge in [-0.15, -0.1) is 0 Å². The molecule has 4 aromatic rings. The van der Waals surface area contributed by atoms with Crippen LogP contribution in [-0.2, 0) is 9.59 Å². The lowest BCUT2D eigenvalue weighted by molar-refractivity contribution is -0.132. The van der Waals surface area contributed by atoms with Crippen molar-refractivity contribution in [3.63, 3.8) is 0 Å². The summed E-state index contributed by atoms with van der Waals surface area (Å²) in [7, 11) is 0. The van der Waals surface area contributed by atoms with Gasteiger partial charge < -0.3 is 5.11 Å². The Morgan fingerprint density at radius 2 is 1.61 bits per heavy atom. The lowest BCUT2D eigenvalue weighted by atomic mass is 9.94. The molecule has 1 saturated heterocycles. The summed E-state index contributed by atoms with van der Waals surface area (Å²) in [5.74, 6) is -1.55. The topological polar surface area (TPSA) is 70.5 Å². The van der Waals surface area contributed by atoms with E-state index in [0.717, 1.165) is 21.9 Å². The highest BCUT2D eigenvalue weighted by molar-refractivity contribution is 6.51. The van der Waals surface area contributed by atoms with E-state index in [9.17, 15) is 14.7 Å². The van der Waals surface area contributed by atoms with Gasteiger partial charge >= 0.3 is 0 Å². The predicted octanol–water partition coefficient (Wildman–Crippen LogP) is 5.48. The van der Waals surface area contributed by atoms with Gasteiger partial charge in [-0.1, -0.05) is 54.1 Å². The zero-order chi connectivity index (χ0) is 23.1. The average molecular weight is 434 g/mol. The first-order valence-corrected chi connectivity index (χ1v) is 10.7. The van der Waals surface area contributed by atoms with E-state index in [0.29, 0.717) is 16.8 Å². The van der Waals surface area contributed by atoms with E-state index in [1.54, 1.807) is 30.6 Å². The second-order valence-electron chi connectivity index (χ2n) is 8.30. The fourth-order valence-corrected chi connectivity index (χ4v) is 4.51. The Kier molecular flexibility index (Phi) is 5.02. The van der Waals surface area contributed by atoms with E-state index < -0.39 is 17.7 Å². The Morgan fingerprint density at radius 3 is 2.33 bits per heavy atom. The Labute approximate surface area is 191 Å². The molecular formula is C28H22N2O3. The van der Waals surface area contributed by atoms with Crippen LogP contribution in [-0.4, -0.2) is 21.8 Å². The first kappa shape index (κ1) is 20.6. The molecule has 0 radical (unpaired) electrons. The fourth-order valence-electron chi connectivity index (χ4n) is 4.51. The van der Waals surface area contributed by atoms with Crippen LogP contribution in [0, 0.1) is 13.8 Å². The molecule has 3 aromatic carbocycles. The van der Waals surface area contributed by atoms with Gasteiger partial charge in [-0.05, 0) is 60.0 Å². The van der Waals surface area contributed by atoms with Crippen molar-refractivity contribution in [2.45, 2.75) is 19.9 Å². The van der Waals surface area contributed by atoms with Gasteiger partial charge in [0, 0.05) is 23.6 Å². The van der Waals surface area contributed by atoms with Crippen molar-refractivity contribution in [1.82, 2.24) is 4.98 Å². The Hall–Kier alpha value is -4.25. The number of amides is 1. The first-order valence-electron chi connectivity index (χ1n) is 10.7. The van der Waals surface area contributed by atoms with E-state index in [1.165, 1.54) is 4.90 Å². The Balaban J connectivity index is 1.74. The molecule has 1 aromatic heterocycles. The number of ketones is 1. The number of nitrogens with zero attached hydrogens (tertiary/aromatic N) is 2. The molecule has 5 heteroatoms. The number of aromatic nitrogens is 1. The minimum Gasteiger partial charge on any atom is -0.507 e. The summed E-state index contributed by atoms with van der Waals surface area (Å²) < 4.78 is 0. The van der Waals surface area contributed by atoms with Gasteiger partial charge in [0.1, 0.15) is 5.76 Å². The molecule has 0 aliphatic carbocycles. The molecule has 33 heavy (non-hydrogen) atoms. The molecule has 5 rings (SSSR count). The molecular weight excluding hydrogens is 412 g/mol. The number of Topliss-reactive ketones (excluding diaryl/α,β-unsaturated/α-hetero) is 1. The number of carbonyl (C=O) groups excluding carboxylic acids is 2. The van der Waals surface area contributed by atoms with Crippen molar-refractivity contribution in [1.29, 1.82) is 0 Å². The van der Waals surface area contributed by atoms with E-state index in [4.69, 9.17) is 0 Å². The summed E-state index contributed by atoms with van der Waals surface area (Å²) in [6.45, 7) is 3.89. The van der Waals surface area contributed by atoms with E-state index in [2.05, 4.69) is 4.98 Å². The molecule has 2 heterocycles. The summed E-state index contributed by atoms with van der Waals surface area (Å²) >= 11 is 0. The van der Waals surface area contributed by atoms with Crippen molar-refractivity contribution in [2.75, 3.05) is 4.90 Å². The van der Waals surface area contributed by atoms with Crippen molar-refractivity contribution >= 4 is 33.9 Å². The number of hydrogen-bond donors (Lipinski definition) is 1. The number of benzene rings is 3. The highest BCUT2D eigenvalue weighted by atomic mass is 16.3. The molecule has 1 fully saturated rings. The van der Waals surface area contributed by atoms with Gasteiger partial charge in [-0.25, -0.2) is 0 Å². The molecule has 1 unspecified atom stereocenters. The normalized spacial score (nSPS) is 17.6. The van der Waals surface area contributed by atoms with Crippen LogP contribution in [0.5, 0.6) is 0 Å². The molecule has 0 bridgehead atoms. The minimum absolute atomic E-state index is 0.0708. The van der Waals surface area contributed by atoms with Gasteiger partial charge in [0.15, 0.2) is 0 Å². The maximum absolute atomic E-state index is 13.3. The van der Waals surface area contributed by atoms with Crippen molar-refractivity contribution in [3.8, 4) is 0 Å². The molecule has 162 valence electrons. The molecule has 0 saturated carbocycles. The fraction of sp³-hybridized carbons (Fsp3) is 0.107. The molecule has 5 nitrogen and oxygen atoms in total. The van der Waals surface area contributed by atoms with Gasteiger partial charge in [0.05, 0.1) is 11.6 Å². The van der Waals surface area contributed by atoms with Crippen LogP contribution in [0.2, 0.25) is 0 Å². The number of hydrogen-bond acceptors (Lipinski definition) is 4. The summed E-state index contributed by atoms with van der Waals surface area (Å²) in [5, 5.41) is 13.3. The number of fused-ring (bicyclic) bond motifs is 1. The van der Waals surface area contributed by atoms with Gasteiger partial charge in [0.25, 0.3) is 11.7 Å². The van der Waals surface area contributed by atoms with Crippen LogP contribution in [0.4, 0.5) is 5.69 Å². The number of aliphatic hydroxyl groups is 1. The van der Waals surface area contributed by atoms with E-state index in [-0.39, 0.29) is 11.3 Å². The maximum atomic E-state index is 13.3. The lowest BCUT2D eigenvalue weighted by Gasteiger charge is -2.27. The second-order valence-corrected chi connectivity index (χ2v) is 8.30. The molecule has 1 N–H and O–H groups in total. The second kappa shape index (κ2) is 8.02. The van der Waals surface area contributed by atoms with Crippen molar-refractivity contribution < 1.29 is 14.7 Å². The smallest absolute Gasteiger partial charge is 0.300 e. The van der Waals surface area contributed by atoms with Gasteiger partial charge in [-0.3, -0.25) is 19.5 Å². The Bertz CT molecular complexity index is 1440. The number of rotatable bonds is 3. The quantitative estimate of drug-likeness (QED) is 0.263.